The zero-order valence-electron chi connectivity index (χ0n) is 18.0. The van der Waals surface area contributed by atoms with Crippen molar-refractivity contribution in [1.29, 1.82) is 0 Å². The normalized spacial score (nSPS) is 11.2. The first-order chi connectivity index (χ1) is 15.4. The van der Waals surface area contributed by atoms with E-state index in [2.05, 4.69) is 5.32 Å². The molecule has 0 aliphatic carbocycles. The van der Waals surface area contributed by atoms with Crippen LogP contribution in [0.25, 0.3) is 22.1 Å². The number of methoxy groups -OCH3 is 1. The summed E-state index contributed by atoms with van der Waals surface area (Å²) in [5, 5.41) is 3.67. The Kier molecular flexibility index (Phi) is 5.69. The summed E-state index contributed by atoms with van der Waals surface area (Å²) in [6, 6.07) is 23.3. The number of hydrogen-bond acceptors (Lipinski definition) is 5. The van der Waals surface area contributed by atoms with Gasteiger partial charge in [-0.3, -0.25) is 4.79 Å². The molecule has 0 fully saturated rings. The highest BCUT2D eigenvalue weighted by Crippen LogP contribution is 2.31. The Morgan fingerprint density at radius 1 is 0.938 bits per heavy atom. The van der Waals surface area contributed by atoms with Crippen LogP contribution < -0.4 is 20.4 Å². The van der Waals surface area contributed by atoms with Crippen LogP contribution in [0, 0.1) is 0 Å². The molecule has 32 heavy (non-hydrogen) atoms. The number of hydrogen-bond donors (Lipinski definition) is 1. The Balaban J connectivity index is 1.66. The van der Waals surface area contributed by atoms with Crippen molar-refractivity contribution in [2.24, 2.45) is 0 Å². The topological polar surface area (TPSA) is 77.8 Å². The van der Waals surface area contributed by atoms with Gasteiger partial charge in [-0.25, -0.2) is 4.79 Å². The molecule has 162 valence electrons. The van der Waals surface area contributed by atoms with E-state index in [4.69, 9.17) is 13.9 Å². The van der Waals surface area contributed by atoms with Gasteiger partial charge in [-0.05, 0) is 55.8 Å². The Bertz CT molecular complexity index is 1330. The summed E-state index contributed by atoms with van der Waals surface area (Å²) in [5.41, 5.74) is 0.322. The summed E-state index contributed by atoms with van der Waals surface area (Å²) in [7, 11) is 1.51. The van der Waals surface area contributed by atoms with Gasteiger partial charge in [0.2, 0.25) is 0 Å². The molecule has 0 radical (unpaired) electrons. The Hall–Kier alpha value is -4.06. The third kappa shape index (κ3) is 4.34. The number of benzene rings is 3. The molecule has 4 rings (SSSR count). The van der Waals surface area contributed by atoms with Crippen LogP contribution in [0.2, 0.25) is 0 Å². The molecule has 6 nitrogen and oxygen atoms in total. The predicted molar refractivity (Wildman–Crippen MR) is 124 cm³/mol. The zero-order chi connectivity index (χ0) is 22.7. The number of fused-ring (bicyclic) bond motifs is 1. The van der Waals surface area contributed by atoms with E-state index in [1.165, 1.54) is 7.11 Å². The molecular formula is C26H23NO5. The third-order valence-electron chi connectivity index (χ3n) is 5.06. The molecule has 1 amide bonds. The first kappa shape index (κ1) is 21.2. The molecule has 0 atom stereocenters. The van der Waals surface area contributed by atoms with Gasteiger partial charge in [0.25, 0.3) is 5.91 Å². The minimum Gasteiger partial charge on any atom is -0.495 e. The lowest BCUT2D eigenvalue weighted by atomic mass is 10.0. The van der Waals surface area contributed by atoms with Crippen molar-refractivity contribution in [3.8, 4) is 22.6 Å². The van der Waals surface area contributed by atoms with Gasteiger partial charge in [0.1, 0.15) is 17.1 Å². The van der Waals surface area contributed by atoms with Gasteiger partial charge in [-0.15, -0.1) is 0 Å². The van der Waals surface area contributed by atoms with Crippen LogP contribution >= 0.6 is 0 Å². The zero-order valence-corrected chi connectivity index (χ0v) is 18.0. The maximum Gasteiger partial charge on any atom is 0.344 e. The summed E-state index contributed by atoms with van der Waals surface area (Å²) in [4.78, 5) is 25.6. The molecule has 0 saturated heterocycles. The average molecular weight is 429 g/mol. The van der Waals surface area contributed by atoms with Gasteiger partial charge in [-0.1, -0.05) is 42.5 Å². The molecule has 0 saturated carbocycles. The molecule has 6 heteroatoms. The molecule has 0 aliphatic heterocycles. The number of nitrogens with one attached hydrogen (secondary N) is 1. The highest BCUT2D eigenvalue weighted by Gasteiger charge is 2.31. The molecule has 1 N–H and O–H groups in total. The standard InChI is InChI=1S/C26H23NO5/c1-26(2,32-19-10-5-4-6-11-19)25(29)27-21-16-17(13-14-23(21)30-3)20-15-18-9-7-8-12-22(18)31-24(20)28/h4-16H,1-3H3,(H,27,29). The molecule has 4 aromatic rings. The van der Waals surface area contributed by atoms with Gasteiger partial charge in [0.15, 0.2) is 5.60 Å². The molecule has 0 unspecified atom stereocenters. The maximum atomic E-state index is 13.0. The maximum absolute atomic E-state index is 13.0. The monoisotopic (exact) mass is 429 g/mol. The van der Waals surface area contributed by atoms with Gasteiger partial charge in [0.05, 0.1) is 18.4 Å². The summed E-state index contributed by atoms with van der Waals surface area (Å²) in [6.07, 6.45) is 0. The van der Waals surface area contributed by atoms with Crippen LogP contribution in [0.15, 0.2) is 88.1 Å². The van der Waals surface area contributed by atoms with Crippen LogP contribution in [0.5, 0.6) is 11.5 Å². The molecule has 0 aliphatic rings. The first-order valence-electron chi connectivity index (χ1n) is 10.1. The lowest BCUT2D eigenvalue weighted by Crippen LogP contribution is -2.42. The summed E-state index contributed by atoms with van der Waals surface area (Å²) < 4.78 is 16.7. The molecule has 0 bridgehead atoms. The van der Waals surface area contributed by atoms with Crippen molar-refractivity contribution in [3.63, 3.8) is 0 Å². The van der Waals surface area contributed by atoms with E-state index in [1.807, 2.05) is 36.4 Å². The van der Waals surface area contributed by atoms with Crippen molar-refractivity contribution in [1.82, 2.24) is 0 Å². The fourth-order valence-corrected chi connectivity index (χ4v) is 3.34. The molecule has 1 aromatic heterocycles. The van der Waals surface area contributed by atoms with Crippen LogP contribution in [-0.4, -0.2) is 18.6 Å². The summed E-state index contributed by atoms with van der Waals surface area (Å²) >= 11 is 0. The second kappa shape index (κ2) is 8.59. The SMILES string of the molecule is COc1ccc(-c2cc3ccccc3oc2=O)cc1NC(=O)C(C)(C)Oc1ccccc1. The second-order valence-corrected chi connectivity index (χ2v) is 7.78. The van der Waals surface area contributed by atoms with E-state index in [9.17, 15) is 9.59 Å². The van der Waals surface area contributed by atoms with Crippen molar-refractivity contribution in [2.45, 2.75) is 19.4 Å². The van der Waals surface area contributed by atoms with Crippen LogP contribution in [-0.2, 0) is 4.79 Å². The van der Waals surface area contributed by atoms with Gasteiger partial charge in [-0.2, -0.15) is 0 Å². The van der Waals surface area contributed by atoms with E-state index in [0.717, 1.165) is 5.39 Å². The fourth-order valence-electron chi connectivity index (χ4n) is 3.34. The lowest BCUT2D eigenvalue weighted by molar-refractivity contribution is -0.128. The number of para-hydroxylation sites is 2. The number of rotatable bonds is 6. The molecule has 3 aromatic carbocycles. The molecular weight excluding hydrogens is 406 g/mol. The number of carbonyl (C=O) groups is 1. The van der Waals surface area contributed by atoms with Gasteiger partial charge < -0.3 is 19.2 Å². The molecule has 1 heterocycles. The highest BCUT2D eigenvalue weighted by molar-refractivity contribution is 5.99. The van der Waals surface area contributed by atoms with Crippen molar-refractivity contribution >= 4 is 22.6 Å². The van der Waals surface area contributed by atoms with Crippen molar-refractivity contribution < 1.29 is 18.7 Å². The smallest absolute Gasteiger partial charge is 0.344 e. The lowest BCUT2D eigenvalue weighted by Gasteiger charge is -2.26. The predicted octanol–water partition coefficient (Wildman–Crippen LogP) is 5.26. The second-order valence-electron chi connectivity index (χ2n) is 7.78. The first-order valence-corrected chi connectivity index (χ1v) is 10.1. The highest BCUT2D eigenvalue weighted by atomic mass is 16.5. The van der Waals surface area contributed by atoms with E-state index in [0.29, 0.717) is 33.9 Å². The van der Waals surface area contributed by atoms with Crippen LogP contribution in [0.4, 0.5) is 5.69 Å². The van der Waals surface area contributed by atoms with Crippen molar-refractivity contribution in [3.05, 3.63) is 89.3 Å². The van der Waals surface area contributed by atoms with E-state index >= 15 is 0 Å². The van der Waals surface area contributed by atoms with E-state index in [1.54, 1.807) is 56.3 Å². The quantitative estimate of drug-likeness (QED) is 0.423. The van der Waals surface area contributed by atoms with Crippen molar-refractivity contribution in [2.75, 3.05) is 12.4 Å². The largest absolute Gasteiger partial charge is 0.495 e. The number of amides is 1. The van der Waals surface area contributed by atoms with Crippen LogP contribution in [0.3, 0.4) is 0 Å². The minimum atomic E-state index is -1.15. The van der Waals surface area contributed by atoms with Gasteiger partial charge >= 0.3 is 5.63 Å². The Morgan fingerprint density at radius 2 is 1.66 bits per heavy atom. The number of ether oxygens (including phenoxy) is 2. The van der Waals surface area contributed by atoms with Crippen LogP contribution in [0.1, 0.15) is 13.8 Å². The summed E-state index contributed by atoms with van der Waals surface area (Å²) in [6.45, 7) is 3.37. The van der Waals surface area contributed by atoms with E-state index < -0.39 is 11.2 Å². The molecule has 0 spiro atoms. The Morgan fingerprint density at radius 3 is 2.41 bits per heavy atom. The van der Waals surface area contributed by atoms with E-state index in [-0.39, 0.29) is 5.91 Å². The summed E-state index contributed by atoms with van der Waals surface area (Å²) in [5.74, 6) is 0.687. The van der Waals surface area contributed by atoms with Gasteiger partial charge in [0, 0.05) is 5.39 Å². The fraction of sp³-hybridized carbons (Fsp3) is 0.154. The number of carbonyl (C=O) groups excluding carboxylic acids is 1. The number of anilines is 1. The third-order valence-corrected chi connectivity index (χ3v) is 5.06. The average Bonchev–Trinajstić information content (AvgIpc) is 2.79. The Labute approximate surface area is 185 Å². The minimum absolute atomic E-state index is 0.359.